The minimum absolute atomic E-state index is 0.0669. The predicted molar refractivity (Wildman–Crippen MR) is 81.3 cm³/mol. The van der Waals surface area contributed by atoms with Gasteiger partial charge in [-0.15, -0.1) is 0 Å². The van der Waals surface area contributed by atoms with Crippen molar-refractivity contribution >= 4 is 5.69 Å². The highest BCUT2D eigenvalue weighted by Crippen LogP contribution is 2.25. The minimum Gasteiger partial charge on any atom is -0.370 e. The van der Waals surface area contributed by atoms with Crippen LogP contribution in [0.4, 0.5) is 5.69 Å². The van der Waals surface area contributed by atoms with Gasteiger partial charge in [0, 0.05) is 19.1 Å². The van der Waals surface area contributed by atoms with Crippen LogP contribution in [-0.2, 0) is 0 Å². The lowest BCUT2D eigenvalue weighted by atomic mass is 10.1. The number of aromatic nitrogens is 1. The molecule has 0 saturated heterocycles. The summed E-state index contributed by atoms with van der Waals surface area (Å²) in [6, 6.07) is 4.99. The van der Waals surface area contributed by atoms with Crippen LogP contribution in [0.5, 0.6) is 0 Å². The maximum atomic E-state index is 6.01. The molecule has 2 rings (SSSR count). The standard InChI is InChI=1S/C16H27N3/c1-3-15(17)16-11-10-14(12-18-16)19(2)13-8-6-4-5-7-9-13/h10-13,15H,3-9,17H2,1-2H3. The molecule has 0 bridgehead atoms. The van der Waals surface area contributed by atoms with Crippen molar-refractivity contribution in [1.29, 1.82) is 0 Å². The van der Waals surface area contributed by atoms with Crippen LogP contribution in [0.25, 0.3) is 0 Å². The first kappa shape index (κ1) is 14.3. The summed E-state index contributed by atoms with van der Waals surface area (Å²) in [6.45, 7) is 2.10. The summed E-state index contributed by atoms with van der Waals surface area (Å²) in [5.41, 5.74) is 8.23. The summed E-state index contributed by atoms with van der Waals surface area (Å²) >= 11 is 0. The first-order valence-electron chi connectivity index (χ1n) is 7.66. The number of rotatable bonds is 4. The van der Waals surface area contributed by atoms with Crippen molar-refractivity contribution in [2.75, 3.05) is 11.9 Å². The Hall–Kier alpha value is -1.09. The van der Waals surface area contributed by atoms with Crippen molar-refractivity contribution < 1.29 is 0 Å². The van der Waals surface area contributed by atoms with Crippen LogP contribution in [0.15, 0.2) is 18.3 Å². The van der Waals surface area contributed by atoms with Crippen LogP contribution < -0.4 is 10.6 Å². The molecule has 1 unspecified atom stereocenters. The number of pyridine rings is 1. The van der Waals surface area contributed by atoms with Gasteiger partial charge in [0.05, 0.1) is 17.6 Å². The van der Waals surface area contributed by atoms with Gasteiger partial charge in [0.2, 0.25) is 0 Å². The summed E-state index contributed by atoms with van der Waals surface area (Å²) in [4.78, 5) is 6.92. The molecule has 106 valence electrons. The quantitative estimate of drug-likeness (QED) is 0.841. The van der Waals surface area contributed by atoms with Gasteiger partial charge < -0.3 is 10.6 Å². The Labute approximate surface area is 117 Å². The normalized spacial score (nSPS) is 18.9. The molecule has 1 aromatic heterocycles. The van der Waals surface area contributed by atoms with Crippen LogP contribution >= 0.6 is 0 Å². The zero-order valence-electron chi connectivity index (χ0n) is 12.3. The fourth-order valence-electron chi connectivity index (χ4n) is 2.89. The van der Waals surface area contributed by atoms with Gasteiger partial charge in [0.1, 0.15) is 0 Å². The zero-order chi connectivity index (χ0) is 13.7. The van der Waals surface area contributed by atoms with Gasteiger partial charge in [-0.1, -0.05) is 32.6 Å². The van der Waals surface area contributed by atoms with E-state index in [-0.39, 0.29) is 6.04 Å². The maximum absolute atomic E-state index is 6.01. The van der Waals surface area contributed by atoms with Crippen LogP contribution in [0.1, 0.15) is 63.6 Å². The smallest absolute Gasteiger partial charge is 0.0572 e. The first-order valence-corrected chi connectivity index (χ1v) is 7.66. The lowest BCUT2D eigenvalue weighted by Gasteiger charge is -2.29. The monoisotopic (exact) mass is 261 g/mol. The molecule has 0 spiro atoms. The number of hydrogen-bond donors (Lipinski definition) is 1. The molecule has 1 atom stereocenters. The van der Waals surface area contributed by atoms with E-state index >= 15 is 0 Å². The third-order valence-electron chi connectivity index (χ3n) is 4.37. The van der Waals surface area contributed by atoms with E-state index in [0.29, 0.717) is 6.04 Å². The van der Waals surface area contributed by atoms with E-state index in [0.717, 1.165) is 12.1 Å². The Balaban J connectivity index is 2.03. The lowest BCUT2D eigenvalue weighted by molar-refractivity contribution is 0.552. The second-order valence-electron chi connectivity index (χ2n) is 5.71. The van der Waals surface area contributed by atoms with Gasteiger partial charge in [-0.2, -0.15) is 0 Å². The molecule has 19 heavy (non-hydrogen) atoms. The Bertz CT molecular complexity index is 366. The Morgan fingerprint density at radius 2 is 1.95 bits per heavy atom. The molecule has 0 aliphatic heterocycles. The van der Waals surface area contributed by atoms with E-state index in [9.17, 15) is 0 Å². The summed E-state index contributed by atoms with van der Waals surface area (Å²) in [5, 5.41) is 0. The molecule has 1 heterocycles. The molecule has 1 fully saturated rings. The summed E-state index contributed by atoms with van der Waals surface area (Å²) in [7, 11) is 2.20. The van der Waals surface area contributed by atoms with E-state index in [1.54, 1.807) is 0 Å². The highest BCUT2D eigenvalue weighted by atomic mass is 15.1. The van der Waals surface area contributed by atoms with Crippen molar-refractivity contribution in [3.05, 3.63) is 24.0 Å². The molecular formula is C16H27N3. The first-order chi connectivity index (χ1) is 9.22. The van der Waals surface area contributed by atoms with Gasteiger partial charge in [-0.25, -0.2) is 0 Å². The molecule has 1 aromatic rings. The number of hydrogen-bond acceptors (Lipinski definition) is 3. The molecule has 1 aliphatic carbocycles. The van der Waals surface area contributed by atoms with Gasteiger partial charge in [0.15, 0.2) is 0 Å². The lowest BCUT2D eigenvalue weighted by Crippen LogP contribution is -2.31. The maximum Gasteiger partial charge on any atom is 0.0572 e. The van der Waals surface area contributed by atoms with Crippen LogP contribution in [0, 0.1) is 0 Å². The van der Waals surface area contributed by atoms with E-state index in [2.05, 4.69) is 36.0 Å². The van der Waals surface area contributed by atoms with Gasteiger partial charge in [0.25, 0.3) is 0 Å². The Kier molecular flexibility index (Phi) is 5.20. The highest BCUT2D eigenvalue weighted by molar-refractivity contribution is 5.45. The third kappa shape index (κ3) is 3.69. The van der Waals surface area contributed by atoms with Crippen molar-refractivity contribution in [2.24, 2.45) is 5.73 Å². The average Bonchev–Trinajstić information content (AvgIpc) is 2.75. The number of nitrogens with two attached hydrogens (primary N) is 1. The fraction of sp³-hybridized carbons (Fsp3) is 0.688. The molecule has 3 heteroatoms. The summed E-state index contributed by atoms with van der Waals surface area (Å²) < 4.78 is 0. The van der Waals surface area contributed by atoms with E-state index in [1.807, 2.05) is 6.20 Å². The molecular weight excluding hydrogens is 234 g/mol. The molecule has 0 radical (unpaired) electrons. The Morgan fingerprint density at radius 3 is 2.47 bits per heavy atom. The molecule has 0 aromatic carbocycles. The second-order valence-corrected chi connectivity index (χ2v) is 5.71. The second kappa shape index (κ2) is 6.90. The van der Waals surface area contributed by atoms with Gasteiger partial charge in [-0.05, 0) is 31.4 Å². The zero-order valence-corrected chi connectivity index (χ0v) is 12.3. The summed E-state index contributed by atoms with van der Waals surface area (Å²) in [5.74, 6) is 0. The van der Waals surface area contributed by atoms with Crippen molar-refractivity contribution in [1.82, 2.24) is 4.98 Å². The Morgan fingerprint density at radius 1 is 1.26 bits per heavy atom. The topological polar surface area (TPSA) is 42.1 Å². The van der Waals surface area contributed by atoms with Crippen LogP contribution in [0.3, 0.4) is 0 Å². The summed E-state index contributed by atoms with van der Waals surface area (Å²) in [6.07, 6.45) is 11.1. The van der Waals surface area contributed by atoms with Gasteiger partial charge >= 0.3 is 0 Å². The molecule has 3 nitrogen and oxygen atoms in total. The molecule has 1 saturated carbocycles. The van der Waals surface area contributed by atoms with Crippen LogP contribution in [-0.4, -0.2) is 18.1 Å². The van der Waals surface area contributed by atoms with Crippen molar-refractivity contribution in [3.63, 3.8) is 0 Å². The number of nitrogens with zero attached hydrogens (tertiary/aromatic N) is 2. The van der Waals surface area contributed by atoms with E-state index in [1.165, 1.54) is 44.2 Å². The predicted octanol–water partition coefficient (Wildman–Crippen LogP) is 3.65. The average molecular weight is 261 g/mol. The highest BCUT2D eigenvalue weighted by Gasteiger charge is 2.17. The third-order valence-corrected chi connectivity index (χ3v) is 4.37. The number of anilines is 1. The van der Waals surface area contributed by atoms with E-state index < -0.39 is 0 Å². The van der Waals surface area contributed by atoms with Crippen molar-refractivity contribution in [2.45, 2.75) is 64.0 Å². The van der Waals surface area contributed by atoms with Gasteiger partial charge in [-0.3, -0.25) is 4.98 Å². The molecule has 1 aliphatic rings. The fourth-order valence-corrected chi connectivity index (χ4v) is 2.89. The van der Waals surface area contributed by atoms with Crippen LogP contribution in [0.2, 0.25) is 0 Å². The molecule has 0 amide bonds. The SMILES string of the molecule is CCC(N)c1ccc(N(C)C2CCCCCC2)cn1. The minimum atomic E-state index is 0.0669. The van der Waals surface area contributed by atoms with E-state index in [4.69, 9.17) is 5.73 Å². The van der Waals surface area contributed by atoms with Crippen molar-refractivity contribution in [3.8, 4) is 0 Å². The largest absolute Gasteiger partial charge is 0.370 e. The molecule has 2 N–H and O–H groups in total.